The molecule has 0 saturated heterocycles. The standard InChI is InChI=1S/C37H37NO3/c1-27-32(17-11-20-35(27)29-12-4-3-5-13-29)25-40-34-22-21-31(15-8-9-23-38-28(2)39)37(24-34)41-26-33-18-10-16-30-14-6-7-19-36(30)33/h3-7,10-14,16-22,24H,8-9,15,23,25-26H2,1-2H3,(H,38,39). The third-order valence-electron chi connectivity index (χ3n) is 7.47. The number of nitrogens with one attached hydrogen (secondary N) is 1. The lowest BCUT2D eigenvalue weighted by Crippen LogP contribution is -2.20. The number of benzene rings is 5. The van der Waals surface area contributed by atoms with Crippen molar-refractivity contribution in [1.29, 1.82) is 0 Å². The molecular formula is C37H37NO3. The number of carbonyl (C=O) groups excluding carboxylic acids is 1. The van der Waals surface area contributed by atoms with Gasteiger partial charge in [0, 0.05) is 19.5 Å². The maximum absolute atomic E-state index is 11.2. The average molecular weight is 544 g/mol. The summed E-state index contributed by atoms with van der Waals surface area (Å²) in [6.45, 7) is 5.35. The minimum absolute atomic E-state index is 0.00940. The maximum Gasteiger partial charge on any atom is 0.216 e. The van der Waals surface area contributed by atoms with Gasteiger partial charge in [-0.15, -0.1) is 0 Å². The van der Waals surface area contributed by atoms with E-state index in [0.29, 0.717) is 19.8 Å². The van der Waals surface area contributed by atoms with Gasteiger partial charge in [0.1, 0.15) is 24.7 Å². The van der Waals surface area contributed by atoms with Crippen molar-refractivity contribution in [2.24, 2.45) is 0 Å². The van der Waals surface area contributed by atoms with Crippen molar-refractivity contribution in [3.05, 3.63) is 131 Å². The van der Waals surface area contributed by atoms with Crippen molar-refractivity contribution in [2.75, 3.05) is 6.54 Å². The first-order chi connectivity index (χ1) is 20.1. The third-order valence-corrected chi connectivity index (χ3v) is 7.47. The number of hydrogen-bond donors (Lipinski definition) is 1. The predicted octanol–water partition coefficient (Wildman–Crippen LogP) is 8.43. The van der Waals surface area contributed by atoms with Gasteiger partial charge in [0.2, 0.25) is 5.91 Å². The van der Waals surface area contributed by atoms with E-state index < -0.39 is 0 Å². The summed E-state index contributed by atoms with van der Waals surface area (Å²) in [5.41, 5.74) is 7.11. The average Bonchev–Trinajstić information content (AvgIpc) is 3.00. The smallest absolute Gasteiger partial charge is 0.216 e. The first-order valence-corrected chi connectivity index (χ1v) is 14.3. The fourth-order valence-corrected chi connectivity index (χ4v) is 5.18. The number of fused-ring (bicyclic) bond motifs is 1. The van der Waals surface area contributed by atoms with Gasteiger partial charge in [0.15, 0.2) is 0 Å². The molecular weight excluding hydrogens is 506 g/mol. The van der Waals surface area contributed by atoms with Crippen molar-refractivity contribution in [3.63, 3.8) is 0 Å². The molecule has 0 radical (unpaired) electrons. The summed E-state index contributed by atoms with van der Waals surface area (Å²) in [6, 6.07) is 37.7. The summed E-state index contributed by atoms with van der Waals surface area (Å²) in [5.74, 6) is 1.63. The molecule has 0 saturated carbocycles. The Kier molecular flexibility index (Phi) is 9.33. The maximum atomic E-state index is 11.2. The lowest BCUT2D eigenvalue weighted by Gasteiger charge is -2.16. The van der Waals surface area contributed by atoms with E-state index in [9.17, 15) is 4.79 Å². The van der Waals surface area contributed by atoms with Gasteiger partial charge in [-0.25, -0.2) is 0 Å². The Morgan fingerprint density at radius 3 is 2.29 bits per heavy atom. The minimum Gasteiger partial charge on any atom is -0.489 e. The van der Waals surface area contributed by atoms with Gasteiger partial charge in [0.25, 0.3) is 0 Å². The number of amides is 1. The van der Waals surface area contributed by atoms with Crippen LogP contribution in [-0.4, -0.2) is 12.5 Å². The lowest BCUT2D eigenvalue weighted by molar-refractivity contribution is -0.118. The second-order valence-corrected chi connectivity index (χ2v) is 10.4. The normalized spacial score (nSPS) is 10.9. The molecule has 208 valence electrons. The van der Waals surface area contributed by atoms with Gasteiger partial charge in [-0.2, -0.15) is 0 Å². The summed E-state index contributed by atoms with van der Waals surface area (Å²) < 4.78 is 12.8. The molecule has 0 aliphatic rings. The van der Waals surface area contributed by atoms with Gasteiger partial charge in [0.05, 0.1) is 0 Å². The van der Waals surface area contributed by atoms with Crippen LogP contribution in [0, 0.1) is 6.92 Å². The highest BCUT2D eigenvalue weighted by Crippen LogP contribution is 2.30. The minimum atomic E-state index is 0.00940. The third kappa shape index (κ3) is 7.34. The molecule has 1 amide bonds. The SMILES string of the molecule is CC(=O)NCCCCc1ccc(OCc2cccc(-c3ccccc3)c2C)cc1OCc1cccc2ccccc12. The largest absolute Gasteiger partial charge is 0.489 e. The number of hydrogen-bond acceptors (Lipinski definition) is 3. The van der Waals surface area contributed by atoms with E-state index in [2.05, 4.69) is 103 Å². The summed E-state index contributed by atoms with van der Waals surface area (Å²) in [6.07, 6.45) is 2.73. The Bertz CT molecular complexity index is 1600. The Hall–Kier alpha value is -4.57. The topological polar surface area (TPSA) is 47.6 Å². The van der Waals surface area contributed by atoms with Gasteiger partial charge < -0.3 is 14.8 Å². The quantitative estimate of drug-likeness (QED) is 0.161. The van der Waals surface area contributed by atoms with Crippen molar-refractivity contribution >= 4 is 16.7 Å². The molecule has 5 aromatic rings. The number of rotatable bonds is 12. The van der Waals surface area contributed by atoms with Crippen LogP contribution in [0.5, 0.6) is 11.5 Å². The molecule has 0 heterocycles. The van der Waals surface area contributed by atoms with Crippen LogP contribution in [0.15, 0.2) is 109 Å². The molecule has 0 unspecified atom stereocenters. The predicted molar refractivity (Wildman–Crippen MR) is 167 cm³/mol. The molecule has 0 aliphatic carbocycles. The molecule has 0 aromatic heterocycles. The van der Waals surface area contributed by atoms with Gasteiger partial charge in [-0.05, 0) is 76.4 Å². The highest BCUT2D eigenvalue weighted by Gasteiger charge is 2.11. The second-order valence-electron chi connectivity index (χ2n) is 10.4. The van der Waals surface area contributed by atoms with Gasteiger partial charge >= 0.3 is 0 Å². The Morgan fingerprint density at radius 1 is 0.707 bits per heavy atom. The van der Waals surface area contributed by atoms with Crippen LogP contribution in [-0.2, 0) is 24.4 Å². The molecule has 4 nitrogen and oxygen atoms in total. The zero-order chi connectivity index (χ0) is 28.4. The molecule has 41 heavy (non-hydrogen) atoms. The van der Waals surface area contributed by atoms with Gasteiger partial charge in [-0.1, -0.05) is 97.1 Å². The zero-order valence-electron chi connectivity index (χ0n) is 23.9. The molecule has 1 N–H and O–H groups in total. The molecule has 0 spiro atoms. The highest BCUT2D eigenvalue weighted by atomic mass is 16.5. The van der Waals surface area contributed by atoms with Crippen molar-refractivity contribution in [3.8, 4) is 22.6 Å². The summed E-state index contributed by atoms with van der Waals surface area (Å²) >= 11 is 0. The first-order valence-electron chi connectivity index (χ1n) is 14.3. The molecule has 0 fully saturated rings. The molecule has 4 heteroatoms. The second kappa shape index (κ2) is 13.7. The monoisotopic (exact) mass is 543 g/mol. The fraction of sp³-hybridized carbons (Fsp3) is 0.216. The van der Waals surface area contributed by atoms with E-state index in [4.69, 9.17) is 9.47 Å². The molecule has 5 rings (SSSR count). The fourth-order valence-electron chi connectivity index (χ4n) is 5.18. The van der Waals surface area contributed by atoms with E-state index in [1.165, 1.54) is 27.5 Å². The van der Waals surface area contributed by atoms with Gasteiger partial charge in [-0.3, -0.25) is 4.79 Å². The van der Waals surface area contributed by atoms with E-state index in [1.54, 1.807) is 6.92 Å². The number of carbonyl (C=O) groups is 1. The summed E-state index contributed by atoms with van der Waals surface area (Å²) in [5, 5.41) is 5.29. The molecule has 0 bridgehead atoms. The highest BCUT2D eigenvalue weighted by molar-refractivity contribution is 5.85. The zero-order valence-corrected chi connectivity index (χ0v) is 23.9. The summed E-state index contributed by atoms with van der Waals surface area (Å²) in [7, 11) is 0. The van der Waals surface area contributed by atoms with Crippen LogP contribution in [0.1, 0.15) is 42.0 Å². The van der Waals surface area contributed by atoms with E-state index >= 15 is 0 Å². The Labute approximate surface area is 243 Å². The number of aryl methyl sites for hydroxylation is 1. The molecule has 0 atom stereocenters. The van der Waals surface area contributed by atoms with Crippen LogP contribution in [0.25, 0.3) is 21.9 Å². The van der Waals surface area contributed by atoms with Crippen molar-refractivity contribution in [2.45, 2.75) is 46.3 Å². The van der Waals surface area contributed by atoms with Crippen LogP contribution in [0.4, 0.5) is 0 Å². The first kappa shape index (κ1) is 28.0. The summed E-state index contributed by atoms with van der Waals surface area (Å²) in [4.78, 5) is 11.2. The van der Waals surface area contributed by atoms with E-state index in [-0.39, 0.29) is 5.91 Å². The Balaban J connectivity index is 1.33. The van der Waals surface area contributed by atoms with Crippen LogP contribution in [0.2, 0.25) is 0 Å². The number of unbranched alkanes of at least 4 members (excludes halogenated alkanes) is 1. The van der Waals surface area contributed by atoms with Crippen LogP contribution >= 0.6 is 0 Å². The van der Waals surface area contributed by atoms with Crippen LogP contribution in [0.3, 0.4) is 0 Å². The molecule has 0 aliphatic heterocycles. The Morgan fingerprint density at radius 2 is 1.44 bits per heavy atom. The van der Waals surface area contributed by atoms with Crippen molar-refractivity contribution in [1.82, 2.24) is 5.32 Å². The van der Waals surface area contributed by atoms with E-state index in [0.717, 1.165) is 47.5 Å². The molecule has 5 aromatic carbocycles. The van der Waals surface area contributed by atoms with E-state index in [1.807, 2.05) is 18.2 Å². The van der Waals surface area contributed by atoms with Crippen molar-refractivity contribution < 1.29 is 14.3 Å². The number of ether oxygens (including phenoxy) is 2. The lowest BCUT2D eigenvalue weighted by atomic mass is 9.97. The van der Waals surface area contributed by atoms with Crippen LogP contribution < -0.4 is 14.8 Å².